The number of nitrogens with zero attached hydrogens (tertiary/aromatic N) is 2. The van der Waals surface area contributed by atoms with Crippen molar-refractivity contribution in [1.82, 2.24) is 9.80 Å². The van der Waals surface area contributed by atoms with Crippen molar-refractivity contribution >= 4 is 0 Å². The molecule has 0 bridgehead atoms. The van der Waals surface area contributed by atoms with E-state index in [1.165, 1.54) is 58.4 Å². The zero-order valence-electron chi connectivity index (χ0n) is 13.2. The fourth-order valence-corrected chi connectivity index (χ4v) is 3.65. The lowest BCUT2D eigenvalue weighted by Crippen LogP contribution is -2.45. The Morgan fingerprint density at radius 3 is 2.68 bits per heavy atom. The van der Waals surface area contributed by atoms with Gasteiger partial charge in [-0.25, -0.2) is 0 Å². The molecular formula is C16H32N2O. The molecule has 0 saturated carbocycles. The summed E-state index contributed by atoms with van der Waals surface area (Å²) in [5.41, 5.74) is 0.375. The summed E-state index contributed by atoms with van der Waals surface area (Å²) in [4.78, 5) is 5.46. The van der Waals surface area contributed by atoms with Crippen LogP contribution in [0.2, 0.25) is 0 Å². The van der Waals surface area contributed by atoms with Crippen molar-refractivity contribution in [3.8, 4) is 0 Å². The van der Waals surface area contributed by atoms with Crippen LogP contribution in [0.25, 0.3) is 0 Å². The first-order valence-electron chi connectivity index (χ1n) is 8.06. The van der Waals surface area contributed by atoms with Gasteiger partial charge in [-0.3, -0.25) is 4.90 Å². The van der Waals surface area contributed by atoms with Crippen LogP contribution in [0.5, 0.6) is 0 Å². The minimum atomic E-state index is 0.375. The Balaban J connectivity index is 1.86. The molecule has 0 aromatic rings. The lowest BCUT2D eigenvalue weighted by atomic mass is 9.88. The SMILES string of the molecule is COCCC(C)(C)CN1CCCN2CCCCC2C1. The lowest BCUT2D eigenvalue weighted by Gasteiger charge is -2.37. The lowest BCUT2D eigenvalue weighted by molar-refractivity contribution is 0.0970. The molecule has 2 aliphatic heterocycles. The van der Waals surface area contributed by atoms with E-state index in [2.05, 4.69) is 23.6 Å². The van der Waals surface area contributed by atoms with Crippen LogP contribution in [0.4, 0.5) is 0 Å². The normalized spacial score (nSPS) is 27.0. The first-order valence-corrected chi connectivity index (χ1v) is 8.06. The second kappa shape index (κ2) is 7.05. The van der Waals surface area contributed by atoms with E-state index in [0.29, 0.717) is 5.41 Å². The number of rotatable bonds is 5. The highest BCUT2D eigenvalue weighted by molar-refractivity contribution is 4.85. The molecule has 2 heterocycles. The average molecular weight is 268 g/mol. The Morgan fingerprint density at radius 1 is 1.11 bits per heavy atom. The summed E-state index contributed by atoms with van der Waals surface area (Å²) in [5.74, 6) is 0. The van der Waals surface area contributed by atoms with E-state index in [4.69, 9.17) is 4.74 Å². The van der Waals surface area contributed by atoms with Crippen molar-refractivity contribution < 1.29 is 4.74 Å². The van der Waals surface area contributed by atoms with Crippen LogP contribution in [0.3, 0.4) is 0 Å². The standard InChI is InChI=1S/C16H32N2O/c1-16(2,8-12-19-3)14-17-9-6-11-18-10-5-4-7-15(18)13-17/h15H,4-14H2,1-3H3. The Kier molecular flexibility index (Phi) is 5.67. The summed E-state index contributed by atoms with van der Waals surface area (Å²) in [6.45, 7) is 12.1. The molecule has 0 aliphatic carbocycles. The summed E-state index contributed by atoms with van der Waals surface area (Å²) >= 11 is 0. The van der Waals surface area contributed by atoms with Gasteiger partial charge >= 0.3 is 0 Å². The van der Waals surface area contributed by atoms with E-state index in [1.807, 2.05) is 7.11 Å². The van der Waals surface area contributed by atoms with E-state index in [9.17, 15) is 0 Å². The van der Waals surface area contributed by atoms with Crippen molar-refractivity contribution in [3.05, 3.63) is 0 Å². The fourth-order valence-electron chi connectivity index (χ4n) is 3.65. The van der Waals surface area contributed by atoms with Gasteiger partial charge in [0.05, 0.1) is 0 Å². The maximum Gasteiger partial charge on any atom is 0.0467 e. The minimum Gasteiger partial charge on any atom is -0.385 e. The molecule has 3 nitrogen and oxygen atoms in total. The monoisotopic (exact) mass is 268 g/mol. The minimum absolute atomic E-state index is 0.375. The zero-order chi connectivity index (χ0) is 13.7. The molecule has 0 aromatic heterocycles. The molecule has 2 rings (SSSR count). The summed E-state index contributed by atoms with van der Waals surface area (Å²) < 4.78 is 5.25. The highest BCUT2D eigenvalue weighted by Gasteiger charge is 2.29. The van der Waals surface area contributed by atoms with Crippen LogP contribution in [0.1, 0.15) is 46.0 Å². The van der Waals surface area contributed by atoms with Gasteiger partial charge in [-0.2, -0.15) is 0 Å². The number of ether oxygens (including phenoxy) is 1. The van der Waals surface area contributed by atoms with E-state index < -0.39 is 0 Å². The predicted octanol–water partition coefficient (Wildman–Crippen LogP) is 2.61. The molecule has 1 atom stereocenters. The second-order valence-electron chi connectivity index (χ2n) is 7.18. The quantitative estimate of drug-likeness (QED) is 0.762. The largest absolute Gasteiger partial charge is 0.385 e. The molecule has 0 spiro atoms. The molecule has 2 aliphatic rings. The molecule has 2 fully saturated rings. The van der Waals surface area contributed by atoms with E-state index >= 15 is 0 Å². The van der Waals surface area contributed by atoms with Crippen molar-refractivity contribution in [2.75, 3.05) is 46.4 Å². The van der Waals surface area contributed by atoms with Crippen LogP contribution < -0.4 is 0 Å². The van der Waals surface area contributed by atoms with E-state index in [1.54, 1.807) is 0 Å². The number of piperidine rings is 1. The summed E-state index contributed by atoms with van der Waals surface area (Å²) in [6.07, 6.45) is 6.76. The van der Waals surface area contributed by atoms with E-state index in [-0.39, 0.29) is 0 Å². The van der Waals surface area contributed by atoms with Crippen LogP contribution in [-0.4, -0.2) is 62.3 Å². The summed E-state index contributed by atoms with van der Waals surface area (Å²) in [7, 11) is 1.81. The van der Waals surface area contributed by atoms with Gasteiger partial charge in [-0.15, -0.1) is 0 Å². The van der Waals surface area contributed by atoms with Crippen LogP contribution in [0, 0.1) is 5.41 Å². The zero-order valence-corrected chi connectivity index (χ0v) is 13.2. The van der Waals surface area contributed by atoms with Crippen molar-refractivity contribution in [2.45, 2.75) is 52.0 Å². The molecule has 0 amide bonds. The molecule has 1 unspecified atom stereocenters. The van der Waals surface area contributed by atoms with Crippen molar-refractivity contribution in [3.63, 3.8) is 0 Å². The van der Waals surface area contributed by atoms with Crippen molar-refractivity contribution in [2.24, 2.45) is 5.41 Å². The van der Waals surface area contributed by atoms with Crippen LogP contribution >= 0.6 is 0 Å². The molecule has 112 valence electrons. The molecule has 0 aromatic carbocycles. The van der Waals surface area contributed by atoms with Gasteiger partial charge < -0.3 is 9.64 Å². The molecule has 2 saturated heterocycles. The van der Waals surface area contributed by atoms with Crippen LogP contribution in [0.15, 0.2) is 0 Å². The summed E-state index contributed by atoms with van der Waals surface area (Å²) in [6, 6.07) is 0.828. The van der Waals surface area contributed by atoms with E-state index in [0.717, 1.165) is 19.1 Å². The van der Waals surface area contributed by atoms with Gasteiger partial charge in [-0.05, 0) is 50.7 Å². The molecule has 19 heavy (non-hydrogen) atoms. The smallest absolute Gasteiger partial charge is 0.0467 e. The Hall–Kier alpha value is -0.120. The van der Waals surface area contributed by atoms with Crippen molar-refractivity contribution in [1.29, 1.82) is 0 Å². The highest BCUT2D eigenvalue weighted by atomic mass is 16.5. The molecule has 3 heteroatoms. The van der Waals surface area contributed by atoms with Gasteiger partial charge in [0.15, 0.2) is 0 Å². The maximum atomic E-state index is 5.25. The number of hydrogen-bond donors (Lipinski definition) is 0. The average Bonchev–Trinajstić information content (AvgIpc) is 2.57. The predicted molar refractivity (Wildman–Crippen MR) is 80.5 cm³/mol. The highest BCUT2D eigenvalue weighted by Crippen LogP contribution is 2.26. The van der Waals surface area contributed by atoms with Gasteiger partial charge in [-0.1, -0.05) is 20.3 Å². The number of methoxy groups -OCH3 is 1. The van der Waals surface area contributed by atoms with Gasteiger partial charge in [0.2, 0.25) is 0 Å². The summed E-state index contributed by atoms with van der Waals surface area (Å²) in [5, 5.41) is 0. The Morgan fingerprint density at radius 2 is 1.89 bits per heavy atom. The molecule has 0 radical (unpaired) electrons. The number of hydrogen-bond acceptors (Lipinski definition) is 3. The first kappa shape index (κ1) is 15.3. The molecule has 0 N–H and O–H groups in total. The third-order valence-electron chi connectivity index (χ3n) is 4.77. The van der Waals surface area contributed by atoms with Crippen LogP contribution in [-0.2, 0) is 4.74 Å². The first-order chi connectivity index (χ1) is 9.11. The third kappa shape index (κ3) is 4.73. The van der Waals surface area contributed by atoms with Gasteiger partial charge in [0, 0.05) is 32.8 Å². The Bertz CT molecular complexity index is 267. The topological polar surface area (TPSA) is 15.7 Å². The van der Waals surface area contributed by atoms with Gasteiger partial charge in [0.25, 0.3) is 0 Å². The third-order valence-corrected chi connectivity index (χ3v) is 4.77. The second-order valence-corrected chi connectivity index (χ2v) is 7.18. The van der Waals surface area contributed by atoms with Gasteiger partial charge in [0.1, 0.15) is 0 Å². The Labute approximate surface area is 119 Å². The number of fused-ring (bicyclic) bond motifs is 1. The maximum absolute atomic E-state index is 5.25. The fraction of sp³-hybridized carbons (Fsp3) is 1.00. The molecular weight excluding hydrogens is 236 g/mol.